The van der Waals surface area contributed by atoms with Crippen molar-refractivity contribution < 1.29 is 29.0 Å². The lowest BCUT2D eigenvalue weighted by atomic mass is 10.1. The van der Waals surface area contributed by atoms with Crippen LogP contribution < -0.4 is 14.6 Å². The van der Waals surface area contributed by atoms with Gasteiger partial charge >= 0.3 is 0 Å². The van der Waals surface area contributed by atoms with Gasteiger partial charge in [0.05, 0.1) is 18.0 Å². The van der Waals surface area contributed by atoms with Gasteiger partial charge in [-0.15, -0.1) is 0 Å². The predicted octanol–water partition coefficient (Wildman–Crippen LogP) is 2.69. The molecule has 0 saturated carbocycles. The normalized spacial score (nSPS) is 15.1. The molecule has 0 radical (unpaired) electrons. The first-order chi connectivity index (χ1) is 13.9. The summed E-state index contributed by atoms with van der Waals surface area (Å²) < 4.78 is 11.3. The molecule has 0 unspecified atom stereocenters. The fraction of sp³-hybridized carbons (Fsp3) is 0.190. The van der Waals surface area contributed by atoms with Crippen molar-refractivity contribution in [3.05, 3.63) is 64.1 Å². The van der Waals surface area contributed by atoms with Gasteiger partial charge in [0.1, 0.15) is 6.61 Å². The SMILES string of the molecule is CCN1C(=O)S/C(=C/c2cccc(OC)c2OCc2cccc(C(=O)[O-])c2)C1=O. The Morgan fingerprint density at radius 1 is 1.21 bits per heavy atom. The largest absolute Gasteiger partial charge is 0.545 e. The Hall–Kier alpha value is -3.26. The Kier molecular flexibility index (Phi) is 6.23. The first-order valence-electron chi connectivity index (χ1n) is 8.80. The number of hydrogen-bond acceptors (Lipinski definition) is 7. The summed E-state index contributed by atoms with van der Waals surface area (Å²) in [5, 5.41) is 10.7. The number of carboxylic acids is 1. The Morgan fingerprint density at radius 2 is 1.97 bits per heavy atom. The Labute approximate surface area is 171 Å². The van der Waals surface area contributed by atoms with Crippen molar-refractivity contribution in [3.63, 3.8) is 0 Å². The number of aromatic carboxylic acids is 1. The van der Waals surface area contributed by atoms with Gasteiger partial charge in [-0.1, -0.05) is 30.3 Å². The minimum atomic E-state index is -1.27. The summed E-state index contributed by atoms with van der Waals surface area (Å²) in [5.41, 5.74) is 1.26. The second-order valence-electron chi connectivity index (χ2n) is 6.08. The summed E-state index contributed by atoms with van der Waals surface area (Å²) in [6.45, 7) is 2.12. The molecule has 2 amide bonds. The molecule has 0 spiro atoms. The van der Waals surface area contributed by atoms with E-state index in [4.69, 9.17) is 9.47 Å². The summed E-state index contributed by atoms with van der Waals surface area (Å²) in [4.78, 5) is 36.8. The van der Waals surface area contributed by atoms with Crippen molar-refractivity contribution in [2.45, 2.75) is 13.5 Å². The molecule has 1 aliphatic rings. The maximum absolute atomic E-state index is 12.4. The van der Waals surface area contributed by atoms with Crippen molar-refractivity contribution in [2.24, 2.45) is 0 Å². The van der Waals surface area contributed by atoms with Crippen LogP contribution in [0.5, 0.6) is 11.5 Å². The van der Waals surface area contributed by atoms with Gasteiger partial charge in [0, 0.05) is 12.1 Å². The molecule has 8 heteroatoms. The number of thioether (sulfide) groups is 1. The molecule has 3 rings (SSSR count). The monoisotopic (exact) mass is 412 g/mol. The van der Waals surface area contributed by atoms with Crippen LogP contribution >= 0.6 is 11.8 Å². The third kappa shape index (κ3) is 4.43. The van der Waals surface area contributed by atoms with Gasteiger partial charge in [-0.3, -0.25) is 14.5 Å². The number of benzene rings is 2. The number of likely N-dealkylation sites (N-methyl/N-ethyl adjacent to an activating group) is 1. The van der Waals surface area contributed by atoms with E-state index in [1.54, 1.807) is 43.3 Å². The highest BCUT2D eigenvalue weighted by atomic mass is 32.2. The van der Waals surface area contributed by atoms with Gasteiger partial charge in [-0.05, 0) is 48.0 Å². The third-order valence-electron chi connectivity index (χ3n) is 4.25. The number of para-hydroxylation sites is 1. The number of nitrogens with zero attached hydrogens (tertiary/aromatic N) is 1. The summed E-state index contributed by atoms with van der Waals surface area (Å²) >= 11 is 0.873. The molecule has 0 aromatic heterocycles. The number of imide groups is 1. The van der Waals surface area contributed by atoms with Crippen LogP contribution in [0.1, 0.15) is 28.4 Å². The quantitative estimate of drug-likeness (QED) is 0.645. The number of hydrogen-bond donors (Lipinski definition) is 0. The second-order valence-corrected chi connectivity index (χ2v) is 7.07. The van der Waals surface area contributed by atoms with Crippen LogP contribution in [0.4, 0.5) is 4.79 Å². The number of rotatable bonds is 7. The summed E-state index contributed by atoms with van der Waals surface area (Å²) in [6, 6.07) is 11.5. The molecule has 1 saturated heterocycles. The molecule has 2 aromatic carbocycles. The second kappa shape index (κ2) is 8.83. The average Bonchev–Trinajstić information content (AvgIpc) is 2.99. The molecule has 0 N–H and O–H groups in total. The summed E-state index contributed by atoms with van der Waals surface area (Å²) in [5.74, 6) is -0.781. The number of carboxylic acid groups (broad SMARTS) is 1. The topological polar surface area (TPSA) is 96.0 Å². The number of amides is 2. The smallest absolute Gasteiger partial charge is 0.293 e. The molecule has 1 aliphatic heterocycles. The van der Waals surface area contributed by atoms with Crippen LogP contribution in [0.25, 0.3) is 6.08 Å². The van der Waals surface area contributed by atoms with Crippen LogP contribution in [-0.2, 0) is 11.4 Å². The van der Waals surface area contributed by atoms with Gasteiger partial charge < -0.3 is 19.4 Å². The summed E-state index contributed by atoms with van der Waals surface area (Å²) in [6.07, 6.45) is 1.59. The molecule has 0 aliphatic carbocycles. The van der Waals surface area contributed by atoms with Crippen LogP contribution in [0.2, 0.25) is 0 Å². The van der Waals surface area contributed by atoms with E-state index < -0.39 is 5.97 Å². The van der Waals surface area contributed by atoms with Crippen molar-refractivity contribution in [1.82, 2.24) is 4.90 Å². The fourth-order valence-corrected chi connectivity index (χ4v) is 3.71. The first kappa shape index (κ1) is 20.5. The van der Waals surface area contributed by atoms with Crippen molar-refractivity contribution in [1.29, 1.82) is 0 Å². The standard InChI is InChI=1S/C21H19NO6S/c1-3-22-19(23)17(29-21(22)26)11-14-7-5-9-16(27-2)18(14)28-12-13-6-4-8-15(10-13)20(24)25/h4-11H,3,12H2,1-2H3,(H,24,25)/p-1/b17-11+. The molecular weight excluding hydrogens is 394 g/mol. The van der Waals surface area contributed by atoms with Gasteiger partial charge in [0.15, 0.2) is 11.5 Å². The molecule has 1 fully saturated rings. The molecule has 2 aromatic rings. The highest BCUT2D eigenvalue weighted by molar-refractivity contribution is 8.18. The zero-order valence-electron chi connectivity index (χ0n) is 15.8. The molecule has 1 heterocycles. The van der Waals surface area contributed by atoms with E-state index >= 15 is 0 Å². The molecular formula is C21H18NO6S-. The fourth-order valence-electron chi connectivity index (χ4n) is 2.82. The van der Waals surface area contributed by atoms with Crippen molar-refractivity contribution in [3.8, 4) is 11.5 Å². The van der Waals surface area contributed by atoms with Crippen LogP contribution in [0, 0.1) is 0 Å². The zero-order chi connectivity index (χ0) is 21.0. The van der Waals surface area contributed by atoms with E-state index in [9.17, 15) is 19.5 Å². The summed E-state index contributed by atoms with van der Waals surface area (Å²) in [7, 11) is 1.49. The van der Waals surface area contributed by atoms with E-state index in [0.717, 1.165) is 11.8 Å². The lowest BCUT2D eigenvalue weighted by molar-refractivity contribution is -0.255. The Morgan fingerprint density at radius 3 is 2.62 bits per heavy atom. The van der Waals surface area contributed by atoms with Gasteiger partial charge in [0.25, 0.3) is 11.1 Å². The van der Waals surface area contributed by atoms with Crippen LogP contribution in [-0.4, -0.2) is 35.7 Å². The van der Waals surface area contributed by atoms with Crippen LogP contribution in [0.15, 0.2) is 47.4 Å². The van der Waals surface area contributed by atoms with Gasteiger partial charge in [-0.25, -0.2) is 0 Å². The Bertz CT molecular complexity index is 1000. The van der Waals surface area contributed by atoms with Crippen molar-refractivity contribution >= 4 is 35.0 Å². The van der Waals surface area contributed by atoms with Gasteiger partial charge in [-0.2, -0.15) is 0 Å². The number of ether oxygens (including phenoxy) is 2. The number of carbonyl (C=O) groups is 3. The third-order valence-corrected chi connectivity index (χ3v) is 5.16. The molecule has 0 atom stereocenters. The lowest BCUT2D eigenvalue weighted by Crippen LogP contribution is -2.27. The lowest BCUT2D eigenvalue weighted by Gasteiger charge is -2.14. The van der Waals surface area contributed by atoms with E-state index in [2.05, 4.69) is 0 Å². The van der Waals surface area contributed by atoms with E-state index in [-0.39, 0.29) is 23.3 Å². The number of carbonyl (C=O) groups excluding carboxylic acids is 3. The Balaban J connectivity index is 1.90. The predicted molar refractivity (Wildman–Crippen MR) is 106 cm³/mol. The number of methoxy groups -OCH3 is 1. The first-order valence-corrected chi connectivity index (χ1v) is 9.61. The maximum Gasteiger partial charge on any atom is 0.293 e. The molecule has 29 heavy (non-hydrogen) atoms. The highest BCUT2D eigenvalue weighted by Gasteiger charge is 2.34. The molecule has 7 nitrogen and oxygen atoms in total. The molecule has 150 valence electrons. The van der Waals surface area contributed by atoms with Crippen LogP contribution in [0.3, 0.4) is 0 Å². The zero-order valence-corrected chi connectivity index (χ0v) is 16.7. The highest BCUT2D eigenvalue weighted by Crippen LogP contribution is 2.37. The van der Waals surface area contributed by atoms with Gasteiger partial charge in [0.2, 0.25) is 0 Å². The average molecular weight is 412 g/mol. The van der Waals surface area contributed by atoms with E-state index in [1.807, 2.05) is 0 Å². The van der Waals surface area contributed by atoms with E-state index in [1.165, 1.54) is 24.1 Å². The molecule has 0 bridgehead atoms. The minimum Gasteiger partial charge on any atom is -0.545 e. The minimum absolute atomic E-state index is 0.0552. The van der Waals surface area contributed by atoms with Crippen molar-refractivity contribution in [2.75, 3.05) is 13.7 Å². The maximum atomic E-state index is 12.4. The van der Waals surface area contributed by atoms with E-state index in [0.29, 0.717) is 34.1 Å².